The zero-order valence-electron chi connectivity index (χ0n) is 16.8. The van der Waals surface area contributed by atoms with Gasteiger partial charge in [-0.1, -0.05) is 30.3 Å². The second kappa shape index (κ2) is 9.64. The minimum absolute atomic E-state index is 0.155. The first-order valence-electron chi connectivity index (χ1n) is 9.40. The molecule has 0 bridgehead atoms. The summed E-state index contributed by atoms with van der Waals surface area (Å²) in [5, 5.41) is 3.01. The summed E-state index contributed by atoms with van der Waals surface area (Å²) in [5.74, 6) is 2.07. The first-order valence-corrected chi connectivity index (χ1v) is 9.40. The Morgan fingerprint density at radius 3 is 2.28 bits per heavy atom. The van der Waals surface area contributed by atoms with Crippen molar-refractivity contribution in [3.8, 4) is 17.2 Å². The van der Waals surface area contributed by atoms with Gasteiger partial charge in [-0.05, 0) is 55.0 Å². The van der Waals surface area contributed by atoms with Gasteiger partial charge >= 0.3 is 0 Å². The molecule has 0 heterocycles. The van der Waals surface area contributed by atoms with Crippen molar-refractivity contribution in [1.82, 2.24) is 5.32 Å². The lowest BCUT2D eigenvalue weighted by atomic mass is 10.1. The van der Waals surface area contributed by atoms with Gasteiger partial charge in [0.05, 0.1) is 20.3 Å². The maximum absolute atomic E-state index is 12.7. The standard InChI is InChI=1S/C24H25NO4/c1-17(22-15-21(27-2)13-14-23(22)28-3)25-24(26)19-11-9-18(10-12-19)16-29-20-7-5-4-6-8-20/h4-15,17H,16H2,1-3H3,(H,25,26). The number of benzene rings is 3. The first-order chi connectivity index (χ1) is 14.1. The molecule has 0 aliphatic carbocycles. The number of methoxy groups -OCH3 is 2. The van der Waals surface area contributed by atoms with E-state index in [1.165, 1.54) is 0 Å². The Morgan fingerprint density at radius 2 is 1.62 bits per heavy atom. The largest absolute Gasteiger partial charge is 0.497 e. The highest BCUT2D eigenvalue weighted by molar-refractivity contribution is 5.94. The number of rotatable bonds is 8. The van der Waals surface area contributed by atoms with Crippen LogP contribution in [0.25, 0.3) is 0 Å². The molecule has 0 saturated carbocycles. The van der Waals surface area contributed by atoms with Crippen LogP contribution in [0.4, 0.5) is 0 Å². The smallest absolute Gasteiger partial charge is 0.251 e. The van der Waals surface area contributed by atoms with Crippen molar-refractivity contribution in [1.29, 1.82) is 0 Å². The first kappa shape index (κ1) is 20.3. The minimum Gasteiger partial charge on any atom is -0.497 e. The van der Waals surface area contributed by atoms with E-state index in [9.17, 15) is 4.79 Å². The summed E-state index contributed by atoms with van der Waals surface area (Å²) in [6.07, 6.45) is 0. The van der Waals surface area contributed by atoms with Gasteiger partial charge in [0.25, 0.3) is 5.91 Å². The van der Waals surface area contributed by atoms with E-state index in [1.807, 2.05) is 67.6 Å². The van der Waals surface area contributed by atoms with Gasteiger partial charge in [-0.3, -0.25) is 4.79 Å². The summed E-state index contributed by atoms with van der Waals surface area (Å²) < 4.78 is 16.4. The van der Waals surface area contributed by atoms with Crippen molar-refractivity contribution in [3.05, 3.63) is 89.5 Å². The van der Waals surface area contributed by atoms with Crippen LogP contribution < -0.4 is 19.5 Å². The number of ether oxygens (including phenoxy) is 3. The average Bonchev–Trinajstić information content (AvgIpc) is 2.78. The summed E-state index contributed by atoms with van der Waals surface area (Å²) in [7, 11) is 3.22. The lowest BCUT2D eigenvalue weighted by Gasteiger charge is -2.18. The molecule has 29 heavy (non-hydrogen) atoms. The Kier molecular flexibility index (Phi) is 6.74. The van der Waals surface area contributed by atoms with E-state index in [0.717, 1.165) is 16.9 Å². The van der Waals surface area contributed by atoms with Gasteiger partial charge in [0.1, 0.15) is 23.9 Å². The predicted octanol–water partition coefficient (Wildman–Crippen LogP) is 4.77. The molecule has 1 atom stereocenters. The molecule has 1 amide bonds. The lowest BCUT2D eigenvalue weighted by molar-refractivity contribution is 0.0939. The van der Waals surface area contributed by atoms with Crippen molar-refractivity contribution in [2.45, 2.75) is 19.6 Å². The van der Waals surface area contributed by atoms with Crippen molar-refractivity contribution in [3.63, 3.8) is 0 Å². The summed E-state index contributed by atoms with van der Waals surface area (Å²) >= 11 is 0. The molecule has 3 aromatic rings. The van der Waals surface area contributed by atoms with Crippen molar-refractivity contribution in [2.24, 2.45) is 0 Å². The predicted molar refractivity (Wildman–Crippen MR) is 113 cm³/mol. The molecule has 3 rings (SSSR count). The Morgan fingerprint density at radius 1 is 0.897 bits per heavy atom. The fourth-order valence-electron chi connectivity index (χ4n) is 2.97. The summed E-state index contributed by atoms with van der Waals surface area (Å²) in [6.45, 7) is 2.36. The van der Waals surface area contributed by atoms with Gasteiger partial charge in [0, 0.05) is 11.1 Å². The second-order valence-corrected chi connectivity index (χ2v) is 6.60. The van der Waals surface area contributed by atoms with E-state index in [2.05, 4.69) is 5.32 Å². The van der Waals surface area contributed by atoms with Crippen LogP contribution in [0.15, 0.2) is 72.8 Å². The van der Waals surface area contributed by atoms with Gasteiger partial charge in [-0.15, -0.1) is 0 Å². The molecule has 0 aliphatic heterocycles. The highest BCUT2D eigenvalue weighted by atomic mass is 16.5. The molecule has 0 saturated heterocycles. The van der Waals surface area contributed by atoms with Crippen molar-refractivity contribution < 1.29 is 19.0 Å². The fourth-order valence-corrected chi connectivity index (χ4v) is 2.97. The second-order valence-electron chi connectivity index (χ2n) is 6.60. The van der Waals surface area contributed by atoms with Crippen LogP contribution in [0.1, 0.15) is 34.5 Å². The third-order valence-corrected chi connectivity index (χ3v) is 4.62. The number of carbonyl (C=O) groups excluding carboxylic acids is 1. The van der Waals surface area contributed by atoms with Crippen molar-refractivity contribution in [2.75, 3.05) is 14.2 Å². The molecule has 0 aliphatic rings. The Hall–Kier alpha value is -3.47. The summed E-state index contributed by atoms with van der Waals surface area (Å²) in [4.78, 5) is 12.7. The molecule has 0 spiro atoms. The molecule has 0 radical (unpaired) electrons. The highest BCUT2D eigenvalue weighted by Gasteiger charge is 2.16. The van der Waals surface area contributed by atoms with E-state index < -0.39 is 0 Å². The van der Waals surface area contributed by atoms with Gasteiger partial charge in [0.2, 0.25) is 0 Å². The highest BCUT2D eigenvalue weighted by Crippen LogP contribution is 2.29. The average molecular weight is 391 g/mol. The molecule has 3 aromatic carbocycles. The number of carbonyl (C=O) groups is 1. The molecule has 150 valence electrons. The zero-order chi connectivity index (χ0) is 20.6. The van der Waals surface area contributed by atoms with Crippen molar-refractivity contribution >= 4 is 5.91 Å². The number of amides is 1. The number of para-hydroxylation sites is 1. The van der Waals surface area contributed by atoms with Crippen LogP contribution in [0.3, 0.4) is 0 Å². The van der Waals surface area contributed by atoms with E-state index in [4.69, 9.17) is 14.2 Å². The van der Waals surface area contributed by atoms with Gasteiger partial charge in [-0.2, -0.15) is 0 Å². The molecule has 0 aromatic heterocycles. The van der Waals surface area contributed by atoms with Gasteiger partial charge in [0.15, 0.2) is 0 Å². The third kappa shape index (κ3) is 5.29. The molecule has 5 nitrogen and oxygen atoms in total. The summed E-state index contributed by atoms with van der Waals surface area (Å²) in [6, 6.07) is 22.3. The Balaban J connectivity index is 1.63. The Labute approximate surface area is 171 Å². The maximum Gasteiger partial charge on any atom is 0.251 e. The van der Waals surface area contributed by atoms with E-state index in [-0.39, 0.29) is 11.9 Å². The molecular formula is C24H25NO4. The minimum atomic E-state index is -0.242. The van der Waals surface area contributed by atoms with Gasteiger partial charge in [-0.25, -0.2) is 0 Å². The van der Waals surface area contributed by atoms with Crippen LogP contribution in [-0.2, 0) is 6.61 Å². The van der Waals surface area contributed by atoms with Crippen LogP contribution >= 0.6 is 0 Å². The third-order valence-electron chi connectivity index (χ3n) is 4.62. The number of hydrogen-bond donors (Lipinski definition) is 1. The van der Waals surface area contributed by atoms with Crippen LogP contribution in [0, 0.1) is 0 Å². The van der Waals surface area contributed by atoms with E-state index in [1.54, 1.807) is 26.4 Å². The lowest BCUT2D eigenvalue weighted by Crippen LogP contribution is -2.27. The monoisotopic (exact) mass is 391 g/mol. The van der Waals surface area contributed by atoms with Crippen LogP contribution in [0.5, 0.6) is 17.2 Å². The zero-order valence-corrected chi connectivity index (χ0v) is 16.8. The number of nitrogens with one attached hydrogen (secondary N) is 1. The van der Waals surface area contributed by atoms with Crippen LogP contribution in [-0.4, -0.2) is 20.1 Å². The number of hydrogen-bond acceptors (Lipinski definition) is 4. The molecule has 5 heteroatoms. The van der Waals surface area contributed by atoms with Gasteiger partial charge < -0.3 is 19.5 Å². The van der Waals surface area contributed by atoms with Crippen LogP contribution in [0.2, 0.25) is 0 Å². The normalized spacial score (nSPS) is 11.4. The summed E-state index contributed by atoms with van der Waals surface area (Å²) in [5.41, 5.74) is 2.43. The fraction of sp³-hybridized carbons (Fsp3) is 0.208. The molecule has 1 unspecified atom stereocenters. The SMILES string of the molecule is COc1ccc(OC)c(C(C)NC(=O)c2ccc(COc3ccccc3)cc2)c1. The molecule has 0 fully saturated rings. The molecular weight excluding hydrogens is 366 g/mol. The quantitative estimate of drug-likeness (QED) is 0.601. The van der Waals surface area contributed by atoms with E-state index in [0.29, 0.717) is 23.7 Å². The maximum atomic E-state index is 12.7. The topological polar surface area (TPSA) is 56.8 Å². The Bertz CT molecular complexity index is 939. The van der Waals surface area contributed by atoms with E-state index >= 15 is 0 Å². The molecule has 1 N–H and O–H groups in total.